The summed E-state index contributed by atoms with van der Waals surface area (Å²) in [6.07, 6.45) is 10.4. The van der Waals surface area contributed by atoms with Crippen molar-refractivity contribution in [3.8, 4) is 24.1 Å². The number of pyridine rings is 1. The number of carbonyl (C=O) groups excluding carboxylic acids is 2. The SMILES string of the molecule is C#C.CCC(=O)N1CCOCC1.CNC(=O)c1cc(F)c(-c2nc3cc(C)ccn3c2C)c(F)c1. The number of morpholine rings is 1. The molecule has 3 heterocycles. The normalized spacial score (nSPS) is 12.7. The fraction of sp³-hybridized carbons (Fsp3) is 0.346. The highest BCUT2D eigenvalue weighted by Gasteiger charge is 2.21. The Morgan fingerprint density at radius 1 is 1.11 bits per heavy atom. The number of amides is 2. The number of carbonyl (C=O) groups is 2. The second-order valence-electron chi connectivity index (χ2n) is 7.72. The molecular formula is C26H30F2N4O3. The molecule has 0 radical (unpaired) electrons. The number of nitrogens with zero attached hydrogens (tertiary/aromatic N) is 3. The lowest BCUT2D eigenvalue weighted by Gasteiger charge is -2.26. The number of hydrogen-bond acceptors (Lipinski definition) is 4. The van der Waals surface area contributed by atoms with Crippen LogP contribution in [-0.4, -0.2) is 59.4 Å². The molecule has 1 saturated heterocycles. The Morgan fingerprint density at radius 3 is 2.26 bits per heavy atom. The number of aromatic nitrogens is 2. The number of benzene rings is 1. The van der Waals surface area contributed by atoms with E-state index in [9.17, 15) is 18.4 Å². The Labute approximate surface area is 204 Å². The molecule has 186 valence electrons. The lowest BCUT2D eigenvalue weighted by atomic mass is 10.1. The Hall–Kier alpha value is -3.77. The maximum Gasteiger partial charge on any atom is 0.251 e. The molecule has 9 heteroatoms. The van der Waals surface area contributed by atoms with Crippen molar-refractivity contribution in [3.63, 3.8) is 0 Å². The molecule has 7 nitrogen and oxygen atoms in total. The van der Waals surface area contributed by atoms with Crippen LogP contribution in [0, 0.1) is 38.3 Å². The summed E-state index contributed by atoms with van der Waals surface area (Å²) in [4.78, 5) is 28.8. The van der Waals surface area contributed by atoms with Crippen LogP contribution in [-0.2, 0) is 9.53 Å². The van der Waals surface area contributed by atoms with Crippen molar-refractivity contribution in [2.75, 3.05) is 33.4 Å². The second kappa shape index (κ2) is 12.6. The number of aryl methyl sites for hydroxylation is 2. The van der Waals surface area contributed by atoms with E-state index in [1.807, 2.05) is 37.1 Å². The summed E-state index contributed by atoms with van der Waals surface area (Å²) in [5, 5.41) is 2.34. The summed E-state index contributed by atoms with van der Waals surface area (Å²) in [5.74, 6) is -1.93. The number of rotatable bonds is 3. The minimum atomic E-state index is -0.813. The highest BCUT2D eigenvalue weighted by molar-refractivity contribution is 5.94. The largest absolute Gasteiger partial charge is 0.378 e. The van der Waals surface area contributed by atoms with Gasteiger partial charge in [0, 0.05) is 44.0 Å². The van der Waals surface area contributed by atoms with E-state index in [4.69, 9.17) is 4.74 Å². The van der Waals surface area contributed by atoms with E-state index in [0.717, 1.165) is 30.8 Å². The third-order valence-electron chi connectivity index (χ3n) is 5.45. The van der Waals surface area contributed by atoms with Crippen LogP contribution in [0.1, 0.15) is 35.0 Å². The van der Waals surface area contributed by atoms with Crippen molar-refractivity contribution in [1.82, 2.24) is 19.6 Å². The van der Waals surface area contributed by atoms with Crippen molar-refractivity contribution in [2.45, 2.75) is 27.2 Å². The molecule has 4 rings (SSSR count). The average Bonchev–Trinajstić information content (AvgIpc) is 3.19. The Balaban J connectivity index is 0.000000302. The summed E-state index contributed by atoms with van der Waals surface area (Å²) >= 11 is 0. The van der Waals surface area contributed by atoms with Gasteiger partial charge in [0.2, 0.25) is 5.91 Å². The van der Waals surface area contributed by atoms with Crippen molar-refractivity contribution in [2.24, 2.45) is 0 Å². The van der Waals surface area contributed by atoms with Crippen LogP contribution < -0.4 is 5.32 Å². The van der Waals surface area contributed by atoms with Gasteiger partial charge in [-0.2, -0.15) is 0 Å². The van der Waals surface area contributed by atoms with Crippen LogP contribution in [0.15, 0.2) is 30.5 Å². The first-order valence-electron chi connectivity index (χ1n) is 11.1. The Bertz CT molecular complexity index is 1190. The summed E-state index contributed by atoms with van der Waals surface area (Å²) in [5.41, 5.74) is 2.19. The van der Waals surface area contributed by atoms with E-state index in [-0.39, 0.29) is 22.7 Å². The average molecular weight is 485 g/mol. The van der Waals surface area contributed by atoms with Gasteiger partial charge in [0.25, 0.3) is 5.91 Å². The molecule has 35 heavy (non-hydrogen) atoms. The van der Waals surface area contributed by atoms with Gasteiger partial charge in [0.15, 0.2) is 0 Å². The molecule has 1 N–H and O–H groups in total. The topological polar surface area (TPSA) is 75.9 Å². The standard InChI is InChI=1S/C17H15F2N3O.C7H13NO2.C2H2/c1-9-4-5-22-10(2)16(21-14(22)6-9)15-12(18)7-11(8-13(15)19)17(23)20-3;1-2-7(9)8-3-5-10-6-4-8;1-2/h4-8H,1-3H3,(H,20,23);2-6H2,1H3;1-2H. The predicted octanol–water partition coefficient (Wildman–Crippen LogP) is 3.76. The molecule has 0 spiro atoms. The van der Waals surface area contributed by atoms with Gasteiger partial charge in [-0.15, -0.1) is 12.8 Å². The molecule has 0 bridgehead atoms. The van der Waals surface area contributed by atoms with Gasteiger partial charge in [-0.25, -0.2) is 13.8 Å². The summed E-state index contributed by atoms with van der Waals surface area (Å²) < 4.78 is 35.7. The molecule has 1 fully saturated rings. The number of nitrogens with one attached hydrogen (secondary N) is 1. The predicted molar refractivity (Wildman–Crippen MR) is 131 cm³/mol. The molecule has 1 aromatic carbocycles. The quantitative estimate of drug-likeness (QED) is 0.575. The third kappa shape index (κ3) is 6.43. The van der Waals surface area contributed by atoms with Crippen LogP contribution in [0.25, 0.3) is 16.9 Å². The van der Waals surface area contributed by atoms with Gasteiger partial charge in [0.1, 0.15) is 17.3 Å². The summed E-state index contributed by atoms with van der Waals surface area (Å²) in [7, 11) is 1.40. The molecule has 1 aliphatic rings. The zero-order valence-corrected chi connectivity index (χ0v) is 20.4. The van der Waals surface area contributed by atoms with Crippen LogP contribution in [0.5, 0.6) is 0 Å². The molecule has 0 saturated carbocycles. The van der Waals surface area contributed by atoms with Gasteiger partial charge in [-0.3, -0.25) is 9.59 Å². The summed E-state index contributed by atoms with van der Waals surface area (Å²) in [6.45, 7) is 8.49. The van der Waals surface area contributed by atoms with E-state index >= 15 is 0 Å². The van der Waals surface area contributed by atoms with E-state index in [0.29, 0.717) is 31.0 Å². The van der Waals surface area contributed by atoms with Gasteiger partial charge in [0.05, 0.1) is 24.5 Å². The molecule has 1 aliphatic heterocycles. The monoisotopic (exact) mass is 484 g/mol. The van der Waals surface area contributed by atoms with Gasteiger partial charge >= 0.3 is 0 Å². The van der Waals surface area contributed by atoms with Crippen LogP contribution in [0.2, 0.25) is 0 Å². The zero-order valence-electron chi connectivity index (χ0n) is 20.4. The third-order valence-corrected chi connectivity index (χ3v) is 5.45. The lowest BCUT2D eigenvalue weighted by Crippen LogP contribution is -2.40. The number of imidazole rings is 1. The van der Waals surface area contributed by atoms with Crippen LogP contribution in [0.3, 0.4) is 0 Å². The highest BCUT2D eigenvalue weighted by atomic mass is 19.1. The van der Waals surface area contributed by atoms with Crippen molar-refractivity contribution in [3.05, 3.63) is 58.9 Å². The first-order valence-corrected chi connectivity index (χ1v) is 11.1. The smallest absolute Gasteiger partial charge is 0.251 e. The van der Waals surface area contributed by atoms with E-state index in [1.165, 1.54) is 7.05 Å². The molecule has 0 atom stereocenters. The van der Waals surface area contributed by atoms with Crippen LogP contribution in [0.4, 0.5) is 8.78 Å². The molecule has 2 amide bonds. The zero-order chi connectivity index (χ0) is 26.1. The molecular weight excluding hydrogens is 454 g/mol. The van der Waals surface area contributed by atoms with E-state index in [2.05, 4.69) is 23.1 Å². The molecule has 2 aromatic heterocycles. The van der Waals surface area contributed by atoms with Gasteiger partial charge < -0.3 is 19.4 Å². The number of hydrogen-bond donors (Lipinski definition) is 1. The second-order valence-corrected chi connectivity index (χ2v) is 7.72. The highest BCUT2D eigenvalue weighted by Crippen LogP contribution is 2.30. The van der Waals surface area contributed by atoms with Crippen molar-refractivity contribution < 1.29 is 23.1 Å². The Morgan fingerprint density at radius 2 is 1.71 bits per heavy atom. The molecule has 3 aromatic rings. The van der Waals surface area contributed by atoms with Crippen molar-refractivity contribution in [1.29, 1.82) is 0 Å². The Kier molecular flexibility index (Phi) is 9.91. The van der Waals surface area contributed by atoms with Gasteiger partial charge in [-0.1, -0.05) is 6.92 Å². The number of fused-ring (bicyclic) bond motifs is 1. The minimum absolute atomic E-state index is 0.0662. The number of terminal acetylenes is 1. The summed E-state index contributed by atoms with van der Waals surface area (Å²) in [6, 6.07) is 5.77. The maximum atomic E-state index is 14.4. The molecule has 0 aliphatic carbocycles. The van der Waals surface area contributed by atoms with E-state index in [1.54, 1.807) is 11.3 Å². The fourth-order valence-corrected chi connectivity index (χ4v) is 3.62. The number of ether oxygens (including phenoxy) is 1. The first-order chi connectivity index (χ1) is 16.8. The fourth-order valence-electron chi connectivity index (χ4n) is 3.62. The lowest BCUT2D eigenvalue weighted by molar-refractivity contribution is -0.134. The van der Waals surface area contributed by atoms with Crippen LogP contribution >= 0.6 is 0 Å². The molecule has 0 unspecified atom stereocenters. The van der Waals surface area contributed by atoms with Gasteiger partial charge in [-0.05, 0) is 43.7 Å². The van der Waals surface area contributed by atoms with Crippen molar-refractivity contribution >= 4 is 17.5 Å². The number of halogens is 2. The first kappa shape index (κ1) is 27.5. The minimum Gasteiger partial charge on any atom is -0.378 e. The van der Waals surface area contributed by atoms with E-state index < -0.39 is 17.5 Å². The maximum absolute atomic E-state index is 14.4.